The lowest BCUT2D eigenvalue weighted by Gasteiger charge is -2.18. The summed E-state index contributed by atoms with van der Waals surface area (Å²) in [6, 6.07) is 52.5. The summed E-state index contributed by atoms with van der Waals surface area (Å²) in [4.78, 5) is 5.10. The van der Waals surface area contributed by atoms with Gasteiger partial charge < -0.3 is 0 Å². The molecule has 2 heteroatoms. The van der Waals surface area contributed by atoms with Crippen molar-refractivity contribution in [2.75, 3.05) is 0 Å². The predicted molar refractivity (Wildman–Crippen MR) is 195 cm³/mol. The first-order valence-electron chi connectivity index (χ1n) is 15.9. The summed E-state index contributed by atoms with van der Waals surface area (Å²) in [7, 11) is 0. The molecule has 0 unspecified atom stereocenters. The van der Waals surface area contributed by atoms with E-state index < -0.39 is 0 Å². The first-order chi connectivity index (χ1) is 22.8. The molecule has 0 spiro atoms. The predicted octanol–water partition coefficient (Wildman–Crippen LogP) is 11.8. The van der Waals surface area contributed by atoms with Crippen molar-refractivity contribution < 1.29 is 0 Å². The molecule has 9 rings (SSSR count). The molecule has 0 saturated heterocycles. The van der Waals surface area contributed by atoms with E-state index in [0.29, 0.717) is 0 Å². The van der Waals surface area contributed by atoms with Crippen molar-refractivity contribution >= 4 is 44.7 Å². The van der Waals surface area contributed by atoms with Gasteiger partial charge in [-0.15, -0.1) is 0 Å². The molecule has 0 atom stereocenters. The Morgan fingerprint density at radius 1 is 0.457 bits per heavy atom. The van der Waals surface area contributed by atoms with E-state index in [-0.39, 0.29) is 0 Å². The fourth-order valence-corrected chi connectivity index (χ4v) is 7.09. The number of nitrogens with zero attached hydrogens (tertiary/aromatic N) is 2. The van der Waals surface area contributed by atoms with Crippen molar-refractivity contribution in [1.29, 1.82) is 0 Å². The number of allylic oxidation sites excluding steroid dienone is 2. The Kier molecular flexibility index (Phi) is 6.24. The number of hydrogen-bond acceptors (Lipinski definition) is 1. The van der Waals surface area contributed by atoms with Crippen LogP contribution in [0.25, 0.3) is 84.1 Å². The highest BCUT2D eigenvalue weighted by Gasteiger charge is 2.18. The quantitative estimate of drug-likeness (QED) is 0.188. The van der Waals surface area contributed by atoms with Crippen LogP contribution in [0.3, 0.4) is 0 Å². The lowest BCUT2D eigenvalue weighted by atomic mass is 9.85. The molecule has 1 aliphatic carbocycles. The van der Waals surface area contributed by atoms with Gasteiger partial charge in [0.1, 0.15) is 5.82 Å². The van der Waals surface area contributed by atoms with Gasteiger partial charge in [0.2, 0.25) is 0 Å². The molecule has 1 aliphatic rings. The molecule has 1 aromatic heterocycles. The van der Waals surface area contributed by atoms with Gasteiger partial charge in [-0.25, -0.2) is 4.98 Å². The number of para-hydroxylation sites is 3. The second-order valence-electron chi connectivity index (χ2n) is 11.9. The highest BCUT2D eigenvalue weighted by atomic mass is 15.1. The Morgan fingerprint density at radius 3 is 1.70 bits per heavy atom. The van der Waals surface area contributed by atoms with Gasteiger partial charge in [-0.3, -0.25) is 4.57 Å². The van der Waals surface area contributed by atoms with E-state index in [1.165, 1.54) is 54.9 Å². The van der Waals surface area contributed by atoms with Gasteiger partial charge in [0, 0.05) is 11.3 Å². The van der Waals surface area contributed by atoms with Gasteiger partial charge in [-0.1, -0.05) is 140 Å². The molecule has 0 bridgehead atoms. The van der Waals surface area contributed by atoms with E-state index in [1.54, 1.807) is 0 Å². The van der Waals surface area contributed by atoms with Gasteiger partial charge in [-0.2, -0.15) is 0 Å². The largest absolute Gasteiger partial charge is 0.292 e. The van der Waals surface area contributed by atoms with Crippen LogP contribution in [-0.2, 0) is 0 Å². The maximum Gasteiger partial charge on any atom is 0.145 e. The highest BCUT2D eigenvalue weighted by Crippen LogP contribution is 2.44. The number of fused-ring (bicyclic) bond motifs is 4. The van der Waals surface area contributed by atoms with Gasteiger partial charge >= 0.3 is 0 Å². The molecule has 0 saturated carbocycles. The zero-order valence-electron chi connectivity index (χ0n) is 25.3. The van der Waals surface area contributed by atoms with E-state index in [4.69, 9.17) is 4.98 Å². The van der Waals surface area contributed by atoms with Gasteiger partial charge in [0.25, 0.3) is 0 Å². The molecule has 8 aromatic rings. The SMILES string of the molecule is C1=Cc2ccc(-c3c4ccccc4c(-c4ccc(-c5nc6ccccc6n5-c5ccccc5)cc4)c4ccccc34)cc2C=CC1. The number of rotatable bonds is 4. The minimum atomic E-state index is 0.941. The van der Waals surface area contributed by atoms with Crippen molar-refractivity contribution in [2.45, 2.75) is 6.42 Å². The molecular formula is C44H30N2. The molecule has 0 N–H and O–H groups in total. The summed E-state index contributed by atoms with van der Waals surface area (Å²) < 4.78 is 2.26. The summed E-state index contributed by atoms with van der Waals surface area (Å²) in [5.41, 5.74) is 11.8. The standard InChI is InChI=1S/C44H30N2/c1-3-13-30-23-28-34(29-33(30)14-4-1)43-38-19-9-7-17-36(38)42(37-18-8-10-20-39(37)43)31-24-26-32(27-25-31)44-45-40-21-11-12-22-41(40)46(44)35-15-5-2-6-16-35/h2-29H,1H2. The molecule has 2 nitrogen and oxygen atoms in total. The first kappa shape index (κ1) is 26.4. The topological polar surface area (TPSA) is 17.8 Å². The maximum atomic E-state index is 5.10. The summed E-state index contributed by atoms with van der Waals surface area (Å²) >= 11 is 0. The second-order valence-corrected chi connectivity index (χ2v) is 11.9. The molecule has 0 fully saturated rings. The lowest BCUT2D eigenvalue weighted by molar-refractivity contribution is 1.10. The highest BCUT2D eigenvalue weighted by molar-refractivity contribution is 6.21. The van der Waals surface area contributed by atoms with E-state index in [1.807, 2.05) is 0 Å². The van der Waals surface area contributed by atoms with Crippen LogP contribution in [0.4, 0.5) is 0 Å². The van der Waals surface area contributed by atoms with Crippen molar-refractivity contribution in [3.8, 4) is 39.3 Å². The van der Waals surface area contributed by atoms with E-state index in [9.17, 15) is 0 Å². The maximum absolute atomic E-state index is 5.10. The number of benzene rings is 7. The molecule has 7 aromatic carbocycles. The lowest BCUT2D eigenvalue weighted by Crippen LogP contribution is -1.97. The van der Waals surface area contributed by atoms with Crippen molar-refractivity contribution in [3.05, 3.63) is 169 Å². The summed E-state index contributed by atoms with van der Waals surface area (Å²) in [5, 5.41) is 5.04. The third kappa shape index (κ3) is 4.30. The second kappa shape index (κ2) is 10.9. The van der Waals surface area contributed by atoms with Crippen molar-refractivity contribution in [2.24, 2.45) is 0 Å². The Bertz CT molecular complexity index is 2420. The van der Waals surface area contributed by atoms with Crippen molar-refractivity contribution in [1.82, 2.24) is 9.55 Å². The summed E-state index contributed by atoms with van der Waals surface area (Å²) in [5.74, 6) is 0.941. The molecule has 216 valence electrons. The number of hydrogen-bond donors (Lipinski definition) is 0. The Balaban J connectivity index is 1.23. The molecule has 46 heavy (non-hydrogen) atoms. The van der Waals surface area contributed by atoms with Gasteiger partial charge in [0.05, 0.1) is 11.0 Å². The van der Waals surface area contributed by atoms with Crippen molar-refractivity contribution in [3.63, 3.8) is 0 Å². The zero-order chi connectivity index (χ0) is 30.5. The normalized spacial score (nSPS) is 12.5. The van der Waals surface area contributed by atoms with Crippen LogP contribution in [-0.4, -0.2) is 9.55 Å². The first-order valence-corrected chi connectivity index (χ1v) is 15.9. The van der Waals surface area contributed by atoms with Crippen LogP contribution >= 0.6 is 0 Å². The summed E-state index contributed by atoms with van der Waals surface area (Å²) in [6.07, 6.45) is 9.92. The van der Waals surface area contributed by atoms with Gasteiger partial charge in [0.15, 0.2) is 0 Å². The fraction of sp³-hybridized carbons (Fsp3) is 0.0227. The Morgan fingerprint density at radius 2 is 1.00 bits per heavy atom. The number of imidazole rings is 1. The molecule has 1 heterocycles. The average Bonchev–Trinajstić information content (AvgIpc) is 3.35. The minimum absolute atomic E-state index is 0.941. The Labute approximate surface area is 268 Å². The smallest absolute Gasteiger partial charge is 0.145 e. The fourth-order valence-electron chi connectivity index (χ4n) is 7.09. The third-order valence-electron chi connectivity index (χ3n) is 9.18. The van der Waals surface area contributed by atoms with E-state index in [0.717, 1.165) is 34.5 Å². The molecule has 0 aliphatic heterocycles. The van der Waals surface area contributed by atoms with Crippen LogP contribution < -0.4 is 0 Å². The monoisotopic (exact) mass is 586 g/mol. The minimum Gasteiger partial charge on any atom is -0.292 e. The zero-order valence-corrected chi connectivity index (χ0v) is 25.3. The van der Waals surface area contributed by atoms with Crippen LogP contribution in [0.5, 0.6) is 0 Å². The van der Waals surface area contributed by atoms with Gasteiger partial charge in [-0.05, 0) is 91.7 Å². The van der Waals surface area contributed by atoms with Crippen LogP contribution in [0.15, 0.2) is 158 Å². The molecule has 0 amide bonds. The third-order valence-corrected chi connectivity index (χ3v) is 9.18. The van der Waals surface area contributed by atoms with Crippen LogP contribution in [0, 0.1) is 0 Å². The average molecular weight is 587 g/mol. The van der Waals surface area contributed by atoms with E-state index >= 15 is 0 Å². The van der Waals surface area contributed by atoms with Crippen LogP contribution in [0.2, 0.25) is 0 Å². The Hall–Kier alpha value is -5.99. The molecular weight excluding hydrogens is 556 g/mol. The summed E-state index contributed by atoms with van der Waals surface area (Å²) in [6.45, 7) is 0. The number of aromatic nitrogens is 2. The molecule has 0 radical (unpaired) electrons. The van der Waals surface area contributed by atoms with E-state index in [2.05, 4.69) is 174 Å². The van der Waals surface area contributed by atoms with Crippen LogP contribution in [0.1, 0.15) is 17.5 Å².